The molecule has 5 N–H and O–H groups in total. The van der Waals surface area contributed by atoms with Crippen molar-refractivity contribution in [3.63, 3.8) is 0 Å². The number of carbonyl (C=O) groups is 3. The summed E-state index contributed by atoms with van der Waals surface area (Å²) in [6.45, 7) is 4.01. The molecule has 0 radical (unpaired) electrons. The molecule has 34 heavy (non-hydrogen) atoms. The van der Waals surface area contributed by atoms with Gasteiger partial charge in [0.15, 0.2) is 0 Å². The first-order valence-corrected chi connectivity index (χ1v) is 12.2. The number of thiophene rings is 1. The fourth-order valence-corrected chi connectivity index (χ4v) is 5.51. The van der Waals surface area contributed by atoms with Crippen LogP contribution in [-0.2, 0) is 6.42 Å². The van der Waals surface area contributed by atoms with Gasteiger partial charge in [-0.3, -0.25) is 14.4 Å². The number of nitrogens with two attached hydrogens (primary N) is 2. The lowest BCUT2D eigenvalue weighted by atomic mass is 9.87. The fraction of sp³-hybridized carbons (Fsp3) is 0.375. The number of nitrogens with one attached hydrogen (secondary N) is 1. The van der Waals surface area contributed by atoms with Crippen LogP contribution in [-0.4, -0.2) is 47.3 Å². The first-order valence-electron chi connectivity index (χ1n) is 11.4. The van der Waals surface area contributed by atoms with Crippen molar-refractivity contribution in [3.05, 3.63) is 52.2 Å². The van der Waals surface area contributed by atoms with Gasteiger partial charge in [-0.2, -0.15) is 0 Å². The van der Waals surface area contributed by atoms with Crippen molar-refractivity contribution in [2.75, 3.05) is 24.5 Å². The van der Waals surface area contributed by atoms with E-state index in [0.717, 1.165) is 53.9 Å². The highest BCUT2D eigenvalue weighted by molar-refractivity contribution is 7.21. The lowest BCUT2D eigenvalue weighted by Gasteiger charge is -2.33. The number of rotatable bonds is 8. The summed E-state index contributed by atoms with van der Waals surface area (Å²) in [6.07, 6.45) is 4.89. The monoisotopic (exact) mass is 480 g/mol. The molecule has 0 atom stereocenters. The maximum atomic E-state index is 12.5. The molecule has 0 aliphatic carbocycles. The van der Waals surface area contributed by atoms with Gasteiger partial charge in [-0.1, -0.05) is 6.07 Å². The average molecular weight is 481 g/mol. The quantitative estimate of drug-likeness (QED) is 0.452. The minimum absolute atomic E-state index is 0.186. The first kappa shape index (κ1) is 23.6. The molecule has 0 unspecified atom stereocenters. The number of anilines is 1. The largest absolute Gasteiger partial charge is 0.366 e. The average Bonchev–Trinajstić information content (AvgIpc) is 3.28. The summed E-state index contributed by atoms with van der Waals surface area (Å²) in [6, 6.07) is 6.84. The van der Waals surface area contributed by atoms with E-state index in [4.69, 9.17) is 11.5 Å². The number of benzene rings is 1. The van der Waals surface area contributed by atoms with Crippen molar-refractivity contribution in [1.82, 2.24) is 15.3 Å². The number of piperidine rings is 1. The predicted octanol–water partition coefficient (Wildman–Crippen LogP) is 2.49. The van der Waals surface area contributed by atoms with Crippen LogP contribution in [0.25, 0.3) is 10.2 Å². The van der Waals surface area contributed by atoms with Crippen LogP contribution in [0.3, 0.4) is 0 Å². The maximum absolute atomic E-state index is 12.5. The molecule has 9 nitrogen and oxygen atoms in total. The van der Waals surface area contributed by atoms with E-state index in [0.29, 0.717) is 34.9 Å². The van der Waals surface area contributed by atoms with E-state index in [-0.39, 0.29) is 5.91 Å². The maximum Gasteiger partial charge on any atom is 0.258 e. The molecule has 178 valence electrons. The molecule has 1 saturated heterocycles. The summed E-state index contributed by atoms with van der Waals surface area (Å²) in [4.78, 5) is 47.6. The number of primary amides is 2. The van der Waals surface area contributed by atoms with Crippen LogP contribution in [0.15, 0.2) is 30.6 Å². The highest BCUT2D eigenvalue weighted by atomic mass is 32.1. The molecule has 1 aromatic carbocycles. The molecule has 3 heterocycles. The molecule has 4 rings (SSSR count). The Hall–Kier alpha value is -3.53. The van der Waals surface area contributed by atoms with Gasteiger partial charge in [-0.25, -0.2) is 9.97 Å². The fourth-order valence-electron chi connectivity index (χ4n) is 4.53. The van der Waals surface area contributed by atoms with Crippen molar-refractivity contribution >= 4 is 45.1 Å². The third kappa shape index (κ3) is 4.86. The Morgan fingerprint density at radius 1 is 1.12 bits per heavy atom. The van der Waals surface area contributed by atoms with Gasteiger partial charge in [-0.15, -0.1) is 11.3 Å². The van der Waals surface area contributed by atoms with Crippen LogP contribution >= 0.6 is 11.3 Å². The van der Waals surface area contributed by atoms with Crippen molar-refractivity contribution in [2.45, 2.75) is 32.6 Å². The van der Waals surface area contributed by atoms with E-state index in [1.54, 1.807) is 24.3 Å². The molecule has 10 heteroatoms. The molecule has 0 saturated carbocycles. The second kappa shape index (κ2) is 10.2. The van der Waals surface area contributed by atoms with Gasteiger partial charge in [-0.05, 0) is 62.3 Å². The van der Waals surface area contributed by atoms with E-state index in [9.17, 15) is 14.4 Å². The minimum Gasteiger partial charge on any atom is -0.366 e. The predicted molar refractivity (Wildman–Crippen MR) is 132 cm³/mol. The molecule has 0 spiro atoms. The lowest BCUT2D eigenvalue weighted by Crippen LogP contribution is -2.34. The summed E-state index contributed by atoms with van der Waals surface area (Å²) in [5.41, 5.74) is 13.4. The van der Waals surface area contributed by atoms with Gasteiger partial charge in [0.05, 0.1) is 15.1 Å². The molecule has 1 aliphatic heterocycles. The number of nitrogens with zero attached hydrogens (tertiary/aromatic N) is 3. The van der Waals surface area contributed by atoms with Crippen LogP contribution in [0.2, 0.25) is 0 Å². The van der Waals surface area contributed by atoms with E-state index in [1.165, 1.54) is 17.7 Å². The zero-order valence-corrected chi connectivity index (χ0v) is 19.9. The van der Waals surface area contributed by atoms with Gasteiger partial charge in [0.2, 0.25) is 5.91 Å². The Balaban J connectivity index is 1.45. The normalized spacial score (nSPS) is 14.3. The van der Waals surface area contributed by atoms with Gasteiger partial charge < -0.3 is 21.7 Å². The SMILES string of the molecule is CCNC(=O)c1cccc(C(N)=O)c1CCC1CCN(c2ncnc3cc(C(N)=O)sc23)CC1. The van der Waals surface area contributed by atoms with Gasteiger partial charge in [0.25, 0.3) is 11.8 Å². The summed E-state index contributed by atoms with van der Waals surface area (Å²) in [5.74, 6) is 0.111. The molecule has 2 aromatic heterocycles. The Morgan fingerprint density at radius 2 is 1.85 bits per heavy atom. The molecule has 1 fully saturated rings. The Morgan fingerprint density at radius 3 is 2.53 bits per heavy atom. The van der Waals surface area contributed by atoms with E-state index in [1.807, 2.05) is 6.92 Å². The standard InChI is InChI=1S/C24H28N6O3S/c1-2-27-24(33)17-5-3-4-16(21(25)31)15(17)7-6-14-8-10-30(11-9-14)23-20-18(28-13-29-23)12-19(34-20)22(26)32/h3-5,12-14H,2,6-11H2,1H3,(H2,25,31)(H2,26,32)(H,27,33). The smallest absolute Gasteiger partial charge is 0.258 e. The number of hydrogen-bond donors (Lipinski definition) is 3. The number of amides is 3. The van der Waals surface area contributed by atoms with Crippen LogP contribution in [0.4, 0.5) is 5.82 Å². The number of carbonyl (C=O) groups excluding carboxylic acids is 3. The van der Waals surface area contributed by atoms with Crippen LogP contribution in [0, 0.1) is 5.92 Å². The third-order valence-electron chi connectivity index (χ3n) is 6.28. The number of hydrogen-bond acceptors (Lipinski definition) is 7. The summed E-state index contributed by atoms with van der Waals surface area (Å²) in [7, 11) is 0. The third-order valence-corrected chi connectivity index (χ3v) is 7.41. The second-order valence-corrected chi connectivity index (χ2v) is 9.46. The van der Waals surface area contributed by atoms with Crippen LogP contribution in [0.5, 0.6) is 0 Å². The Kier molecular flexibility index (Phi) is 7.06. The highest BCUT2D eigenvalue weighted by Crippen LogP contribution is 2.34. The zero-order chi connectivity index (χ0) is 24.2. The Bertz CT molecular complexity index is 1230. The van der Waals surface area contributed by atoms with Crippen molar-refractivity contribution in [1.29, 1.82) is 0 Å². The molecular weight excluding hydrogens is 452 g/mol. The van der Waals surface area contributed by atoms with Crippen LogP contribution in [0.1, 0.15) is 62.1 Å². The van der Waals surface area contributed by atoms with Crippen molar-refractivity contribution in [2.24, 2.45) is 17.4 Å². The molecule has 3 aromatic rings. The van der Waals surface area contributed by atoms with Crippen LogP contribution < -0.4 is 21.7 Å². The van der Waals surface area contributed by atoms with Crippen molar-refractivity contribution < 1.29 is 14.4 Å². The van der Waals surface area contributed by atoms with E-state index >= 15 is 0 Å². The van der Waals surface area contributed by atoms with Gasteiger partial charge >= 0.3 is 0 Å². The summed E-state index contributed by atoms with van der Waals surface area (Å²) >= 11 is 1.32. The molecule has 3 amide bonds. The number of aromatic nitrogens is 2. The minimum atomic E-state index is -0.518. The molecule has 1 aliphatic rings. The van der Waals surface area contributed by atoms with Gasteiger partial charge in [0.1, 0.15) is 12.1 Å². The highest BCUT2D eigenvalue weighted by Gasteiger charge is 2.24. The van der Waals surface area contributed by atoms with Gasteiger partial charge in [0, 0.05) is 30.8 Å². The topological polar surface area (TPSA) is 144 Å². The summed E-state index contributed by atoms with van der Waals surface area (Å²) < 4.78 is 0.872. The van der Waals surface area contributed by atoms with Crippen molar-refractivity contribution in [3.8, 4) is 0 Å². The number of fused-ring (bicyclic) bond motifs is 1. The zero-order valence-electron chi connectivity index (χ0n) is 19.0. The second-order valence-electron chi connectivity index (χ2n) is 8.41. The molecular formula is C24H28N6O3S. The Labute approximate surface area is 201 Å². The van der Waals surface area contributed by atoms with E-state index in [2.05, 4.69) is 20.2 Å². The lowest BCUT2D eigenvalue weighted by molar-refractivity contribution is 0.0953. The molecule has 0 bridgehead atoms. The summed E-state index contributed by atoms with van der Waals surface area (Å²) in [5, 5.41) is 2.82. The van der Waals surface area contributed by atoms with E-state index < -0.39 is 11.8 Å². The first-order chi connectivity index (χ1) is 16.4.